The van der Waals surface area contributed by atoms with Crippen molar-refractivity contribution in [3.8, 4) is 0 Å². The number of hydrogen-bond donors (Lipinski definition) is 6. The van der Waals surface area contributed by atoms with Gasteiger partial charge in [-0.3, -0.25) is 4.79 Å². The van der Waals surface area contributed by atoms with Gasteiger partial charge in [0.25, 0.3) is 5.56 Å². The molecule has 2 aromatic heterocycles. The van der Waals surface area contributed by atoms with Crippen LogP contribution in [0.4, 0.5) is 0 Å². The zero-order valence-electron chi connectivity index (χ0n) is 9.87. The SMILES string of the molecule is O=c1[nH]cnc2c([C@@H]3N[C@H](CS)[C@@H](O)[C@H]3O)c[nH]c12. The molecule has 0 radical (unpaired) electrons. The molecule has 7 nitrogen and oxygen atoms in total. The van der Waals surface area contributed by atoms with Crippen LogP contribution in [0, 0.1) is 0 Å². The molecular weight excluding hydrogens is 268 g/mol. The van der Waals surface area contributed by atoms with Crippen LogP contribution < -0.4 is 10.9 Å². The van der Waals surface area contributed by atoms with Gasteiger partial charge in [-0.25, -0.2) is 4.98 Å². The van der Waals surface area contributed by atoms with Crippen molar-refractivity contribution >= 4 is 23.7 Å². The second-order valence-electron chi connectivity index (χ2n) is 4.61. The Hall–Kier alpha value is -1.35. The summed E-state index contributed by atoms with van der Waals surface area (Å²) in [6.45, 7) is 0. The Bertz CT molecular complexity index is 655. The molecule has 1 saturated heterocycles. The molecule has 0 bridgehead atoms. The minimum atomic E-state index is -0.961. The highest BCUT2D eigenvalue weighted by molar-refractivity contribution is 7.80. The van der Waals surface area contributed by atoms with Gasteiger partial charge in [-0.05, 0) is 0 Å². The summed E-state index contributed by atoms with van der Waals surface area (Å²) in [6.07, 6.45) is 1.09. The molecule has 0 aliphatic carbocycles. The van der Waals surface area contributed by atoms with E-state index in [1.54, 1.807) is 6.20 Å². The monoisotopic (exact) mass is 282 g/mol. The van der Waals surface area contributed by atoms with Crippen LogP contribution in [0.1, 0.15) is 11.6 Å². The highest BCUT2D eigenvalue weighted by Crippen LogP contribution is 2.30. The van der Waals surface area contributed by atoms with Gasteiger partial charge >= 0.3 is 0 Å². The maximum absolute atomic E-state index is 11.6. The summed E-state index contributed by atoms with van der Waals surface area (Å²) in [5.74, 6) is 0.408. The smallest absolute Gasteiger partial charge is 0.275 e. The van der Waals surface area contributed by atoms with E-state index in [0.717, 1.165) is 0 Å². The number of hydrogen-bond acceptors (Lipinski definition) is 6. The van der Waals surface area contributed by atoms with Crippen molar-refractivity contribution in [2.75, 3.05) is 5.75 Å². The molecular formula is C11H14N4O3S. The van der Waals surface area contributed by atoms with Gasteiger partial charge in [-0.2, -0.15) is 12.6 Å². The highest BCUT2D eigenvalue weighted by Gasteiger charge is 2.42. The molecule has 1 aliphatic rings. The Morgan fingerprint density at radius 1 is 1.32 bits per heavy atom. The average molecular weight is 282 g/mol. The first-order chi connectivity index (χ1) is 9.13. The van der Waals surface area contributed by atoms with Gasteiger partial charge in [-0.15, -0.1) is 0 Å². The van der Waals surface area contributed by atoms with Crippen LogP contribution in [0.2, 0.25) is 0 Å². The Balaban J connectivity index is 2.06. The van der Waals surface area contributed by atoms with E-state index in [9.17, 15) is 15.0 Å². The molecule has 102 valence electrons. The third-order valence-corrected chi connectivity index (χ3v) is 3.92. The second-order valence-corrected chi connectivity index (χ2v) is 4.98. The Kier molecular flexibility index (Phi) is 3.09. The summed E-state index contributed by atoms with van der Waals surface area (Å²) in [6, 6.07) is -0.773. The number of H-pyrrole nitrogens is 2. The van der Waals surface area contributed by atoms with Crippen LogP contribution in [-0.4, -0.2) is 49.2 Å². The summed E-state index contributed by atoms with van der Waals surface area (Å²) < 4.78 is 0. The number of aromatic amines is 2. The lowest BCUT2D eigenvalue weighted by atomic mass is 10.0. The van der Waals surface area contributed by atoms with E-state index in [1.165, 1.54) is 6.33 Å². The summed E-state index contributed by atoms with van der Waals surface area (Å²) >= 11 is 4.13. The molecule has 0 unspecified atom stereocenters. The first kappa shape index (κ1) is 12.7. The number of fused-ring (bicyclic) bond motifs is 1. The second kappa shape index (κ2) is 4.64. The van der Waals surface area contributed by atoms with E-state index in [0.29, 0.717) is 22.3 Å². The van der Waals surface area contributed by atoms with Crippen molar-refractivity contribution in [3.05, 3.63) is 28.4 Å². The normalized spacial score (nSPS) is 31.1. The Labute approximate surface area is 113 Å². The molecule has 0 amide bonds. The topological polar surface area (TPSA) is 114 Å². The van der Waals surface area contributed by atoms with Gasteiger partial charge in [0, 0.05) is 23.6 Å². The zero-order chi connectivity index (χ0) is 13.6. The molecule has 0 spiro atoms. The lowest BCUT2D eigenvalue weighted by molar-refractivity contribution is 0.0308. The number of aliphatic hydroxyl groups is 2. The number of aliphatic hydroxyl groups excluding tert-OH is 2. The van der Waals surface area contributed by atoms with E-state index in [2.05, 4.69) is 32.9 Å². The minimum Gasteiger partial charge on any atom is -0.389 e. The molecule has 0 saturated carbocycles. The van der Waals surface area contributed by atoms with E-state index in [1.807, 2.05) is 0 Å². The predicted molar refractivity (Wildman–Crippen MR) is 72.2 cm³/mol. The van der Waals surface area contributed by atoms with Crippen LogP contribution in [0.15, 0.2) is 17.3 Å². The molecule has 0 aromatic carbocycles. The Morgan fingerprint density at radius 3 is 2.79 bits per heavy atom. The van der Waals surface area contributed by atoms with Crippen molar-refractivity contribution in [2.24, 2.45) is 0 Å². The fourth-order valence-electron chi connectivity index (χ4n) is 2.51. The summed E-state index contributed by atoms with van der Waals surface area (Å²) in [4.78, 5) is 21.0. The average Bonchev–Trinajstić information content (AvgIpc) is 2.94. The van der Waals surface area contributed by atoms with E-state index in [4.69, 9.17) is 0 Å². The predicted octanol–water partition coefficient (Wildman–Crippen LogP) is -1.08. The number of thiol groups is 1. The Morgan fingerprint density at radius 2 is 2.11 bits per heavy atom. The molecule has 1 aliphatic heterocycles. The number of aromatic nitrogens is 3. The first-order valence-corrected chi connectivity index (χ1v) is 6.54. The standard InChI is InChI=1S/C11H14N4O3S/c16-9-5(2-19)15-7(10(9)17)4-1-12-8-6(4)13-3-14-11(8)18/h1,3,5,7,9-10,12,15-17,19H,2H2,(H,13,14,18)/t5-,7+,9-,10+/m1/s1. The quantitative estimate of drug-likeness (QED) is 0.392. The van der Waals surface area contributed by atoms with Crippen LogP contribution in [-0.2, 0) is 0 Å². The van der Waals surface area contributed by atoms with Crippen LogP contribution >= 0.6 is 12.6 Å². The minimum absolute atomic E-state index is 0.268. The molecule has 8 heteroatoms. The van der Waals surface area contributed by atoms with Crippen molar-refractivity contribution in [3.63, 3.8) is 0 Å². The van der Waals surface area contributed by atoms with Gasteiger partial charge in [0.05, 0.1) is 18.5 Å². The molecule has 5 N–H and O–H groups in total. The van der Waals surface area contributed by atoms with Gasteiger partial charge in [0.2, 0.25) is 0 Å². The van der Waals surface area contributed by atoms with Crippen molar-refractivity contribution < 1.29 is 10.2 Å². The zero-order valence-corrected chi connectivity index (χ0v) is 10.8. The van der Waals surface area contributed by atoms with Crippen LogP contribution in [0.3, 0.4) is 0 Å². The lowest BCUT2D eigenvalue weighted by Gasteiger charge is -2.14. The van der Waals surface area contributed by atoms with Gasteiger partial charge in [0.15, 0.2) is 0 Å². The third kappa shape index (κ3) is 1.88. The molecule has 4 atom stereocenters. The van der Waals surface area contributed by atoms with Crippen LogP contribution in [0.25, 0.3) is 11.0 Å². The van der Waals surface area contributed by atoms with Crippen molar-refractivity contribution in [2.45, 2.75) is 24.3 Å². The first-order valence-electron chi connectivity index (χ1n) is 5.91. The molecule has 3 heterocycles. The fraction of sp³-hybridized carbons (Fsp3) is 0.455. The largest absolute Gasteiger partial charge is 0.389 e. The number of nitrogens with zero attached hydrogens (tertiary/aromatic N) is 1. The maximum Gasteiger partial charge on any atom is 0.275 e. The van der Waals surface area contributed by atoms with E-state index in [-0.39, 0.29) is 11.6 Å². The summed E-state index contributed by atoms with van der Waals surface area (Å²) in [5.41, 5.74) is 1.24. The van der Waals surface area contributed by atoms with Gasteiger partial charge in [-0.1, -0.05) is 0 Å². The summed E-state index contributed by atoms with van der Waals surface area (Å²) in [7, 11) is 0. The number of nitrogens with one attached hydrogen (secondary N) is 3. The fourth-order valence-corrected chi connectivity index (χ4v) is 2.83. The highest BCUT2D eigenvalue weighted by atomic mass is 32.1. The van der Waals surface area contributed by atoms with Crippen molar-refractivity contribution in [1.29, 1.82) is 0 Å². The van der Waals surface area contributed by atoms with E-state index < -0.39 is 18.2 Å². The van der Waals surface area contributed by atoms with E-state index >= 15 is 0 Å². The van der Waals surface area contributed by atoms with Gasteiger partial charge in [0.1, 0.15) is 17.1 Å². The molecule has 19 heavy (non-hydrogen) atoms. The molecule has 3 rings (SSSR count). The van der Waals surface area contributed by atoms with Gasteiger partial charge < -0.3 is 25.5 Å². The molecule has 1 fully saturated rings. The third-order valence-electron chi connectivity index (χ3n) is 3.53. The molecule has 2 aromatic rings. The summed E-state index contributed by atoms with van der Waals surface area (Å²) in [5, 5.41) is 23.1. The lowest BCUT2D eigenvalue weighted by Crippen LogP contribution is -2.34. The number of rotatable bonds is 2. The maximum atomic E-state index is 11.6. The van der Waals surface area contributed by atoms with Crippen molar-refractivity contribution in [1.82, 2.24) is 20.3 Å². The van der Waals surface area contributed by atoms with Crippen LogP contribution in [0.5, 0.6) is 0 Å².